The smallest absolute Gasteiger partial charge is 0.250 e. The lowest BCUT2D eigenvalue weighted by molar-refractivity contribution is -0.134. The van der Waals surface area contributed by atoms with Crippen molar-refractivity contribution in [3.63, 3.8) is 0 Å². The molecule has 2 N–H and O–H groups in total. The van der Waals surface area contributed by atoms with Crippen molar-refractivity contribution in [2.24, 2.45) is 0 Å². The molecule has 8 heteroatoms. The fraction of sp³-hybridized carbons (Fsp3) is 0.421. The van der Waals surface area contributed by atoms with Crippen molar-refractivity contribution < 1.29 is 18.3 Å². The Hall–Kier alpha value is -1.74. The van der Waals surface area contributed by atoms with E-state index in [2.05, 4.69) is 4.72 Å². The largest absolute Gasteiger partial charge is 0.388 e. The Morgan fingerprint density at radius 2 is 1.85 bits per heavy atom. The van der Waals surface area contributed by atoms with Crippen LogP contribution >= 0.6 is 11.3 Å². The molecule has 1 saturated carbocycles. The van der Waals surface area contributed by atoms with Gasteiger partial charge in [0.25, 0.3) is 10.0 Å². The summed E-state index contributed by atoms with van der Waals surface area (Å²) in [6, 6.07) is 12.7. The van der Waals surface area contributed by atoms with Gasteiger partial charge in [0.05, 0.1) is 12.1 Å². The molecule has 3 rings (SSSR count). The Labute approximate surface area is 163 Å². The number of nitrogens with one attached hydrogen (secondary N) is 1. The molecule has 2 aromatic rings. The second-order valence-corrected chi connectivity index (χ2v) is 9.86. The normalized spacial score (nSPS) is 16.3. The first-order chi connectivity index (χ1) is 12.9. The third-order valence-corrected chi connectivity index (χ3v) is 7.56. The number of thiophene rings is 1. The lowest BCUT2D eigenvalue weighted by Gasteiger charge is -2.31. The van der Waals surface area contributed by atoms with Crippen LogP contribution in [0.2, 0.25) is 0 Å². The Balaban J connectivity index is 1.70. The quantitative estimate of drug-likeness (QED) is 0.702. The zero-order valence-corrected chi connectivity index (χ0v) is 16.6. The van der Waals surface area contributed by atoms with E-state index >= 15 is 0 Å². The molecule has 1 aromatic heterocycles. The van der Waals surface area contributed by atoms with Gasteiger partial charge < -0.3 is 10.0 Å². The Morgan fingerprint density at radius 1 is 1.15 bits per heavy atom. The minimum Gasteiger partial charge on any atom is -0.388 e. The molecule has 27 heavy (non-hydrogen) atoms. The molecule has 6 nitrogen and oxygen atoms in total. The molecule has 1 aliphatic rings. The number of hydrogen-bond donors (Lipinski definition) is 2. The molecule has 0 aliphatic heterocycles. The van der Waals surface area contributed by atoms with Crippen LogP contribution < -0.4 is 4.72 Å². The van der Waals surface area contributed by atoms with Crippen LogP contribution in [0.5, 0.6) is 0 Å². The SMILES string of the molecule is O=C(CNS(=O)(=O)c1cccs1)N(Cc1ccccc1)CC1(O)CCCC1. The van der Waals surface area contributed by atoms with Crippen LogP contribution in [0.3, 0.4) is 0 Å². The highest BCUT2D eigenvalue weighted by molar-refractivity contribution is 7.91. The fourth-order valence-corrected chi connectivity index (χ4v) is 5.35. The summed E-state index contributed by atoms with van der Waals surface area (Å²) < 4.78 is 27.1. The molecule has 0 unspecified atom stereocenters. The molecule has 0 saturated heterocycles. The van der Waals surface area contributed by atoms with Crippen LogP contribution in [0.25, 0.3) is 0 Å². The van der Waals surface area contributed by atoms with Gasteiger partial charge in [-0.3, -0.25) is 4.79 Å². The lowest BCUT2D eigenvalue weighted by Crippen LogP contribution is -2.47. The first-order valence-corrected chi connectivity index (χ1v) is 11.3. The van der Waals surface area contributed by atoms with Crippen molar-refractivity contribution in [1.82, 2.24) is 9.62 Å². The van der Waals surface area contributed by atoms with E-state index < -0.39 is 15.6 Å². The first-order valence-electron chi connectivity index (χ1n) is 8.95. The predicted octanol–water partition coefficient (Wildman–Crippen LogP) is 2.36. The number of carbonyl (C=O) groups is 1. The molecule has 0 spiro atoms. The number of carbonyl (C=O) groups excluding carboxylic acids is 1. The highest BCUT2D eigenvalue weighted by atomic mass is 32.2. The van der Waals surface area contributed by atoms with Crippen LogP contribution in [0.1, 0.15) is 31.2 Å². The van der Waals surface area contributed by atoms with Gasteiger partial charge in [-0.2, -0.15) is 0 Å². The van der Waals surface area contributed by atoms with Gasteiger partial charge >= 0.3 is 0 Å². The molecule has 0 bridgehead atoms. The van der Waals surface area contributed by atoms with Crippen LogP contribution in [0.4, 0.5) is 0 Å². The Kier molecular flexibility index (Phi) is 6.31. The number of rotatable bonds is 8. The predicted molar refractivity (Wildman–Crippen MR) is 105 cm³/mol. The molecular weight excluding hydrogens is 384 g/mol. The molecular formula is C19H24N2O4S2. The second kappa shape index (κ2) is 8.52. The third kappa shape index (κ3) is 5.38. The van der Waals surface area contributed by atoms with Crippen molar-refractivity contribution in [2.45, 2.75) is 42.0 Å². The maximum Gasteiger partial charge on any atom is 0.250 e. The zero-order chi connectivity index (χ0) is 19.3. The van der Waals surface area contributed by atoms with Crippen LogP contribution in [0.15, 0.2) is 52.1 Å². The van der Waals surface area contributed by atoms with E-state index in [0.717, 1.165) is 29.7 Å². The first kappa shape index (κ1) is 20.0. The average Bonchev–Trinajstić information content (AvgIpc) is 3.33. The summed E-state index contributed by atoms with van der Waals surface area (Å²) in [4.78, 5) is 14.3. The number of nitrogens with zero attached hydrogens (tertiary/aromatic N) is 1. The van der Waals surface area contributed by atoms with Crippen molar-refractivity contribution >= 4 is 27.3 Å². The van der Waals surface area contributed by atoms with E-state index in [9.17, 15) is 18.3 Å². The topological polar surface area (TPSA) is 86.7 Å². The summed E-state index contributed by atoms with van der Waals surface area (Å²) >= 11 is 1.10. The van der Waals surface area contributed by atoms with Gasteiger partial charge in [0.15, 0.2) is 0 Å². The van der Waals surface area contributed by atoms with Crippen molar-refractivity contribution in [1.29, 1.82) is 0 Å². The Morgan fingerprint density at radius 3 is 2.48 bits per heavy atom. The summed E-state index contributed by atoms with van der Waals surface area (Å²) in [6.07, 6.45) is 3.20. The summed E-state index contributed by atoms with van der Waals surface area (Å²) in [7, 11) is -3.70. The molecule has 146 valence electrons. The van der Waals surface area contributed by atoms with Gasteiger partial charge in [0, 0.05) is 13.1 Å². The highest BCUT2D eigenvalue weighted by Crippen LogP contribution is 2.30. The number of hydrogen-bond acceptors (Lipinski definition) is 5. The standard InChI is InChI=1S/C19H24N2O4S2/c22-17(13-20-27(24,25)18-9-6-12-26-18)21(14-16-7-2-1-3-8-16)15-19(23)10-4-5-11-19/h1-3,6-9,12,20,23H,4-5,10-11,13-15H2. The molecule has 1 aliphatic carbocycles. The van der Waals surface area contributed by atoms with Gasteiger partial charge in [-0.1, -0.05) is 49.2 Å². The summed E-state index contributed by atoms with van der Waals surface area (Å²) in [5.74, 6) is -0.348. The van der Waals surface area contributed by atoms with Crippen molar-refractivity contribution in [3.05, 3.63) is 53.4 Å². The molecule has 0 radical (unpaired) electrons. The van der Waals surface area contributed by atoms with E-state index in [4.69, 9.17) is 0 Å². The van der Waals surface area contributed by atoms with Crippen molar-refractivity contribution in [2.75, 3.05) is 13.1 Å². The fourth-order valence-electron chi connectivity index (χ4n) is 3.34. The van der Waals surface area contributed by atoms with E-state index in [1.54, 1.807) is 16.3 Å². The van der Waals surface area contributed by atoms with Crippen LogP contribution in [0, 0.1) is 0 Å². The molecule has 1 amide bonds. The maximum atomic E-state index is 12.8. The summed E-state index contributed by atoms with van der Waals surface area (Å²) in [5, 5.41) is 12.4. The summed E-state index contributed by atoms with van der Waals surface area (Å²) in [6.45, 7) is 0.216. The highest BCUT2D eigenvalue weighted by Gasteiger charge is 2.34. The van der Waals surface area contributed by atoms with Crippen LogP contribution in [-0.4, -0.2) is 43.0 Å². The molecule has 1 heterocycles. The second-order valence-electron chi connectivity index (χ2n) is 6.92. The molecule has 1 fully saturated rings. The molecule has 1 aromatic carbocycles. The average molecular weight is 409 g/mol. The van der Waals surface area contributed by atoms with Crippen molar-refractivity contribution in [3.8, 4) is 0 Å². The third-order valence-electron chi connectivity index (χ3n) is 4.76. The minimum absolute atomic E-state index is 0.180. The van der Waals surface area contributed by atoms with E-state index in [-0.39, 0.29) is 23.2 Å². The summed E-state index contributed by atoms with van der Waals surface area (Å²) in [5.41, 5.74) is 0.0467. The number of aliphatic hydroxyl groups is 1. The van der Waals surface area contributed by atoms with E-state index in [1.165, 1.54) is 6.07 Å². The maximum absolute atomic E-state index is 12.8. The monoisotopic (exact) mass is 408 g/mol. The molecule has 0 atom stereocenters. The minimum atomic E-state index is -3.70. The number of amides is 1. The van der Waals surface area contributed by atoms with Gasteiger partial charge in [0.1, 0.15) is 4.21 Å². The zero-order valence-electron chi connectivity index (χ0n) is 15.0. The number of sulfonamides is 1. The van der Waals surface area contributed by atoms with Gasteiger partial charge in [0.2, 0.25) is 5.91 Å². The van der Waals surface area contributed by atoms with E-state index in [1.807, 2.05) is 30.3 Å². The van der Waals surface area contributed by atoms with Gasteiger partial charge in [-0.25, -0.2) is 13.1 Å². The van der Waals surface area contributed by atoms with E-state index in [0.29, 0.717) is 19.4 Å². The number of benzene rings is 1. The lowest BCUT2D eigenvalue weighted by atomic mass is 10.0. The van der Waals surface area contributed by atoms with Gasteiger partial charge in [-0.05, 0) is 29.9 Å². The van der Waals surface area contributed by atoms with Gasteiger partial charge in [-0.15, -0.1) is 11.3 Å². The Bertz CT molecular complexity index is 845. The van der Waals surface area contributed by atoms with Crippen LogP contribution in [-0.2, 0) is 21.4 Å².